The summed E-state index contributed by atoms with van der Waals surface area (Å²) < 4.78 is 6.72. The normalized spacial score (nSPS) is 12.0. The van der Waals surface area contributed by atoms with Gasteiger partial charge in [-0.3, -0.25) is 4.48 Å². The summed E-state index contributed by atoms with van der Waals surface area (Å²) >= 11 is 0. The molecular weight excluding hydrogens is 476 g/mol. The number of unbranched alkanes of at least 4 members (excludes halogenated alkanes) is 12. The maximum absolute atomic E-state index is 13.2. The van der Waals surface area contributed by atoms with Crippen LogP contribution in [0.15, 0.2) is 18.3 Å². The van der Waals surface area contributed by atoms with Crippen molar-refractivity contribution in [1.82, 2.24) is 9.88 Å². The van der Waals surface area contributed by atoms with Crippen molar-refractivity contribution >= 4 is 12.0 Å². The second-order valence-electron chi connectivity index (χ2n) is 12.3. The Morgan fingerprint density at radius 2 is 1.24 bits per heavy atom. The molecule has 0 saturated carbocycles. The van der Waals surface area contributed by atoms with Crippen LogP contribution >= 0.6 is 0 Å². The topological polar surface area (TPSA) is 59.5 Å². The zero-order valence-corrected chi connectivity index (χ0v) is 25.8. The lowest BCUT2D eigenvalue weighted by Gasteiger charge is -2.30. The van der Waals surface area contributed by atoms with E-state index in [4.69, 9.17) is 4.74 Å². The van der Waals surface area contributed by atoms with Gasteiger partial charge in [0.05, 0.1) is 47.8 Å². The molecule has 0 aliphatic rings. The van der Waals surface area contributed by atoms with Gasteiger partial charge in [0, 0.05) is 20.3 Å². The van der Waals surface area contributed by atoms with Crippen molar-refractivity contribution in [3.63, 3.8) is 0 Å². The summed E-state index contributed by atoms with van der Waals surface area (Å²) in [6.07, 6.45) is 19.2. The van der Waals surface area contributed by atoms with E-state index in [2.05, 4.69) is 26.0 Å². The smallest absolute Gasteiger partial charge is 0.407 e. The summed E-state index contributed by atoms with van der Waals surface area (Å²) in [6.45, 7) is 5.62. The first-order valence-corrected chi connectivity index (χ1v) is 15.0. The number of carbonyl (C=O) groups is 2. The summed E-state index contributed by atoms with van der Waals surface area (Å²) in [7, 11) is 11.8. The van der Waals surface area contributed by atoms with Crippen LogP contribution in [0.2, 0.25) is 0 Å². The predicted molar refractivity (Wildman–Crippen MR) is 157 cm³/mol. The molecule has 0 aliphatic carbocycles. The van der Waals surface area contributed by atoms with Crippen LogP contribution in [0.25, 0.3) is 0 Å². The molecule has 0 atom stereocenters. The number of pyridine rings is 1. The summed E-state index contributed by atoms with van der Waals surface area (Å²) in [6, 6.07) is 3.29. The van der Waals surface area contributed by atoms with Gasteiger partial charge in [-0.15, -0.1) is 0 Å². The van der Waals surface area contributed by atoms with E-state index in [-0.39, 0.29) is 21.8 Å². The standard InChI is InChI=1S/C31H58N4O3/c1-8-9-10-11-16-19-25-34(4,5)26-20-17-14-12-13-15-18-21-27-35(6,7)30(36)29-28(23-22-24-32-29)38-31(37)33(2)3/h22-24H,8-21,25-27H2,1-7H3/q+2. The summed E-state index contributed by atoms with van der Waals surface area (Å²) in [5.41, 5.74) is 0.210. The first kappa shape index (κ1) is 34.0. The number of amides is 2. The molecule has 0 unspecified atom stereocenters. The Balaban J connectivity index is 2.21. The first-order valence-electron chi connectivity index (χ1n) is 15.0. The van der Waals surface area contributed by atoms with Crippen LogP contribution in [0.5, 0.6) is 5.75 Å². The molecule has 7 nitrogen and oxygen atoms in total. The second kappa shape index (κ2) is 18.3. The molecule has 0 radical (unpaired) electrons. The number of hydrogen-bond acceptors (Lipinski definition) is 4. The van der Waals surface area contributed by atoms with Crippen molar-refractivity contribution in [2.24, 2.45) is 0 Å². The number of carbonyl (C=O) groups excluding carboxylic acids is 2. The maximum atomic E-state index is 13.2. The van der Waals surface area contributed by atoms with E-state index in [1.54, 1.807) is 32.4 Å². The van der Waals surface area contributed by atoms with E-state index in [1.165, 1.54) is 99.5 Å². The van der Waals surface area contributed by atoms with Crippen molar-refractivity contribution < 1.29 is 23.3 Å². The van der Waals surface area contributed by atoms with E-state index in [0.717, 1.165) is 19.4 Å². The Morgan fingerprint density at radius 3 is 1.74 bits per heavy atom. The number of ether oxygens (including phenoxy) is 1. The fraction of sp³-hybridized carbons (Fsp3) is 0.774. The van der Waals surface area contributed by atoms with Crippen molar-refractivity contribution in [3.05, 3.63) is 24.0 Å². The van der Waals surface area contributed by atoms with Gasteiger partial charge in [0.25, 0.3) is 0 Å². The highest BCUT2D eigenvalue weighted by atomic mass is 16.6. The molecule has 1 aromatic rings. The molecule has 1 heterocycles. The fourth-order valence-corrected chi connectivity index (χ4v) is 4.75. The molecule has 1 aromatic heterocycles. The third kappa shape index (κ3) is 14.2. The Bertz CT molecular complexity index is 808. The van der Waals surface area contributed by atoms with E-state index in [0.29, 0.717) is 0 Å². The number of rotatable bonds is 20. The molecule has 0 N–H and O–H groups in total. The van der Waals surface area contributed by atoms with Gasteiger partial charge < -0.3 is 14.1 Å². The molecule has 0 spiro atoms. The highest BCUT2D eigenvalue weighted by molar-refractivity contribution is 5.90. The molecule has 0 saturated heterocycles. The molecule has 0 fully saturated rings. The van der Waals surface area contributed by atoms with Crippen LogP contribution in [0.3, 0.4) is 0 Å². The minimum atomic E-state index is -0.520. The summed E-state index contributed by atoms with van der Waals surface area (Å²) in [5, 5.41) is 0. The predicted octanol–water partition coefficient (Wildman–Crippen LogP) is 6.92. The lowest BCUT2D eigenvalue weighted by Crippen LogP contribution is -2.46. The van der Waals surface area contributed by atoms with Crippen molar-refractivity contribution in [2.75, 3.05) is 61.9 Å². The molecule has 38 heavy (non-hydrogen) atoms. The van der Waals surface area contributed by atoms with Crippen molar-refractivity contribution in [1.29, 1.82) is 0 Å². The highest BCUT2D eigenvalue weighted by Gasteiger charge is 2.32. The quantitative estimate of drug-likeness (QED) is 0.135. The summed E-state index contributed by atoms with van der Waals surface area (Å²) in [4.78, 5) is 30.7. The average Bonchev–Trinajstić information content (AvgIpc) is 2.87. The van der Waals surface area contributed by atoms with E-state index in [1.807, 2.05) is 14.1 Å². The Hall–Kier alpha value is -1.99. The number of aromatic nitrogens is 1. The number of quaternary nitrogens is 2. The zero-order valence-electron chi connectivity index (χ0n) is 25.8. The molecule has 0 aliphatic heterocycles. The molecular formula is C31H58N4O3+2. The van der Waals surface area contributed by atoms with Crippen LogP contribution < -0.4 is 4.74 Å². The van der Waals surface area contributed by atoms with Crippen molar-refractivity contribution in [2.45, 2.75) is 96.8 Å². The SMILES string of the molecule is CCCCCCCC[N+](C)(C)CCCCCCCCCC[N+](C)(C)C(=O)c1ncccc1OC(=O)N(C)C. The monoisotopic (exact) mass is 534 g/mol. The van der Waals surface area contributed by atoms with Gasteiger partial charge in [0.15, 0.2) is 5.75 Å². The minimum Gasteiger partial charge on any atom is -0.407 e. The van der Waals surface area contributed by atoms with Gasteiger partial charge in [-0.2, -0.15) is 0 Å². The van der Waals surface area contributed by atoms with Crippen LogP contribution in [0, 0.1) is 0 Å². The largest absolute Gasteiger partial charge is 0.414 e. The van der Waals surface area contributed by atoms with Gasteiger partial charge >= 0.3 is 12.0 Å². The van der Waals surface area contributed by atoms with Crippen LogP contribution in [-0.2, 0) is 0 Å². The van der Waals surface area contributed by atoms with Gasteiger partial charge in [0.2, 0.25) is 5.69 Å². The second-order valence-corrected chi connectivity index (χ2v) is 12.3. The molecule has 1 rings (SSSR count). The van der Waals surface area contributed by atoms with E-state index < -0.39 is 6.09 Å². The minimum absolute atomic E-state index is 0.134. The van der Waals surface area contributed by atoms with Gasteiger partial charge in [0.1, 0.15) is 0 Å². The lowest BCUT2D eigenvalue weighted by atomic mass is 10.1. The van der Waals surface area contributed by atoms with Crippen LogP contribution in [-0.4, -0.2) is 92.8 Å². The Labute approximate surface area is 233 Å². The molecule has 2 amide bonds. The third-order valence-electron chi connectivity index (χ3n) is 7.43. The Morgan fingerprint density at radius 1 is 0.763 bits per heavy atom. The van der Waals surface area contributed by atoms with Gasteiger partial charge in [-0.25, -0.2) is 14.6 Å². The lowest BCUT2D eigenvalue weighted by molar-refractivity contribution is -0.890. The number of nitrogens with zero attached hydrogens (tertiary/aromatic N) is 4. The highest BCUT2D eigenvalue weighted by Crippen LogP contribution is 2.21. The van der Waals surface area contributed by atoms with Crippen molar-refractivity contribution in [3.8, 4) is 5.75 Å². The van der Waals surface area contributed by atoms with E-state index in [9.17, 15) is 9.59 Å². The van der Waals surface area contributed by atoms with Crippen LogP contribution in [0.4, 0.5) is 4.79 Å². The molecule has 0 aromatic carbocycles. The maximum Gasteiger partial charge on any atom is 0.414 e. The first-order chi connectivity index (χ1) is 18.0. The zero-order chi connectivity index (χ0) is 28.4. The van der Waals surface area contributed by atoms with E-state index >= 15 is 0 Å². The van der Waals surface area contributed by atoms with Gasteiger partial charge in [-0.1, -0.05) is 58.3 Å². The third-order valence-corrected chi connectivity index (χ3v) is 7.43. The average molecular weight is 535 g/mol. The molecule has 218 valence electrons. The fourth-order valence-electron chi connectivity index (χ4n) is 4.75. The van der Waals surface area contributed by atoms with Crippen LogP contribution in [0.1, 0.15) is 107 Å². The summed E-state index contributed by atoms with van der Waals surface area (Å²) in [5.74, 6) is 0.0805. The molecule has 0 bridgehead atoms. The Kier molecular flexibility index (Phi) is 16.4. The number of hydrogen-bond donors (Lipinski definition) is 0. The molecule has 7 heteroatoms. The van der Waals surface area contributed by atoms with Gasteiger partial charge in [-0.05, 0) is 50.7 Å².